The van der Waals surface area contributed by atoms with Crippen LogP contribution in [0.3, 0.4) is 0 Å². The number of anilines is 2. The highest BCUT2D eigenvalue weighted by atomic mass is 32.2. The standard InChI is InChI=1S/C18H16N2O4S2/c1-24-17-8-3-2-7-16(17)20-26(22,23)15-6-4-5-14(11-15)19-18(21)13-9-10-25-12-13/h2-12,20H,1H3,(H,19,21). The molecule has 0 unspecified atom stereocenters. The van der Waals surface area contributed by atoms with E-state index in [9.17, 15) is 13.2 Å². The number of ether oxygens (including phenoxy) is 1. The molecule has 6 nitrogen and oxygen atoms in total. The van der Waals surface area contributed by atoms with Crippen LogP contribution in [0.25, 0.3) is 0 Å². The first-order chi connectivity index (χ1) is 12.5. The SMILES string of the molecule is COc1ccccc1NS(=O)(=O)c1cccc(NC(=O)c2ccsc2)c1. The quantitative estimate of drug-likeness (QED) is 0.672. The summed E-state index contributed by atoms with van der Waals surface area (Å²) in [4.78, 5) is 12.2. The molecule has 0 fully saturated rings. The van der Waals surface area contributed by atoms with Crippen molar-refractivity contribution >= 4 is 38.6 Å². The van der Waals surface area contributed by atoms with Crippen LogP contribution < -0.4 is 14.8 Å². The maximum atomic E-state index is 12.7. The summed E-state index contributed by atoms with van der Waals surface area (Å²) in [5, 5.41) is 6.21. The van der Waals surface area contributed by atoms with Gasteiger partial charge in [-0.15, -0.1) is 0 Å². The minimum atomic E-state index is -3.84. The third-order valence-corrected chi connectivity index (χ3v) is 5.58. The topological polar surface area (TPSA) is 84.5 Å². The van der Waals surface area contributed by atoms with Gasteiger partial charge in [-0.3, -0.25) is 9.52 Å². The Bertz CT molecular complexity index is 1020. The lowest BCUT2D eigenvalue weighted by Gasteiger charge is -2.12. The van der Waals surface area contributed by atoms with E-state index in [4.69, 9.17) is 4.74 Å². The van der Waals surface area contributed by atoms with Gasteiger partial charge >= 0.3 is 0 Å². The third kappa shape index (κ3) is 4.04. The van der Waals surface area contributed by atoms with Gasteiger partial charge in [0.25, 0.3) is 15.9 Å². The fraction of sp³-hybridized carbons (Fsp3) is 0.0556. The molecule has 134 valence electrons. The lowest BCUT2D eigenvalue weighted by Crippen LogP contribution is -2.15. The lowest BCUT2D eigenvalue weighted by atomic mass is 10.3. The molecule has 0 atom stereocenters. The molecule has 1 heterocycles. The normalized spacial score (nSPS) is 11.0. The molecule has 0 spiro atoms. The second-order valence-electron chi connectivity index (χ2n) is 5.30. The van der Waals surface area contributed by atoms with Crippen molar-refractivity contribution in [3.05, 3.63) is 70.9 Å². The number of thiophene rings is 1. The Morgan fingerprint density at radius 3 is 2.62 bits per heavy atom. The third-order valence-electron chi connectivity index (χ3n) is 3.54. The number of nitrogens with one attached hydrogen (secondary N) is 2. The summed E-state index contributed by atoms with van der Waals surface area (Å²) in [5.41, 5.74) is 1.25. The molecule has 3 aromatic rings. The zero-order valence-electron chi connectivity index (χ0n) is 13.8. The largest absolute Gasteiger partial charge is 0.495 e. The molecule has 0 bridgehead atoms. The molecule has 3 rings (SSSR count). The maximum absolute atomic E-state index is 12.7. The summed E-state index contributed by atoms with van der Waals surface area (Å²) >= 11 is 1.41. The molecule has 0 aliphatic heterocycles. The Morgan fingerprint density at radius 1 is 1.08 bits per heavy atom. The van der Waals surface area contributed by atoms with E-state index in [0.29, 0.717) is 22.7 Å². The van der Waals surface area contributed by atoms with Crippen molar-refractivity contribution < 1.29 is 17.9 Å². The van der Waals surface area contributed by atoms with Crippen LogP contribution in [0.4, 0.5) is 11.4 Å². The Labute approximate surface area is 155 Å². The Kier molecular flexibility index (Phi) is 5.24. The highest BCUT2D eigenvalue weighted by Gasteiger charge is 2.17. The van der Waals surface area contributed by atoms with Gasteiger partial charge in [-0.05, 0) is 41.8 Å². The van der Waals surface area contributed by atoms with Crippen molar-refractivity contribution in [2.45, 2.75) is 4.90 Å². The Hall–Kier alpha value is -2.84. The molecule has 1 amide bonds. The van der Waals surface area contributed by atoms with Gasteiger partial charge in [-0.2, -0.15) is 11.3 Å². The number of para-hydroxylation sites is 2. The number of hydrogen-bond donors (Lipinski definition) is 2. The van der Waals surface area contributed by atoms with Crippen LogP contribution in [0.15, 0.2) is 70.3 Å². The average Bonchev–Trinajstić information content (AvgIpc) is 3.17. The second kappa shape index (κ2) is 7.59. The van der Waals surface area contributed by atoms with E-state index >= 15 is 0 Å². The van der Waals surface area contributed by atoms with Gasteiger partial charge in [0.1, 0.15) is 5.75 Å². The van der Waals surface area contributed by atoms with Crippen molar-refractivity contribution in [3.8, 4) is 5.75 Å². The van der Waals surface area contributed by atoms with E-state index in [-0.39, 0.29) is 10.8 Å². The summed E-state index contributed by atoms with van der Waals surface area (Å²) in [7, 11) is -2.37. The van der Waals surface area contributed by atoms with E-state index in [1.165, 1.54) is 30.6 Å². The van der Waals surface area contributed by atoms with E-state index in [1.807, 2.05) is 0 Å². The van der Waals surface area contributed by atoms with Gasteiger partial charge in [0.2, 0.25) is 0 Å². The number of methoxy groups -OCH3 is 1. The van der Waals surface area contributed by atoms with Crippen LogP contribution in [-0.4, -0.2) is 21.4 Å². The second-order valence-corrected chi connectivity index (χ2v) is 7.76. The molecule has 0 aliphatic carbocycles. The van der Waals surface area contributed by atoms with E-state index < -0.39 is 10.0 Å². The minimum absolute atomic E-state index is 0.0338. The number of carbonyl (C=O) groups is 1. The molecule has 0 aliphatic rings. The summed E-state index contributed by atoms with van der Waals surface area (Å²) in [6.07, 6.45) is 0. The van der Waals surface area contributed by atoms with Gasteiger partial charge in [-0.25, -0.2) is 8.42 Å². The summed E-state index contributed by atoms with van der Waals surface area (Å²) in [6, 6.07) is 14.5. The molecule has 1 aromatic heterocycles. The number of hydrogen-bond acceptors (Lipinski definition) is 5. The molecule has 2 N–H and O–H groups in total. The van der Waals surface area contributed by atoms with Gasteiger partial charge in [0.15, 0.2) is 0 Å². The molecule has 0 saturated carbocycles. The van der Waals surface area contributed by atoms with Crippen LogP contribution in [-0.2, 0) is 10.0 Å². The van der Waals surface area contributed by atoms with Crippen LogP contribution in [0, 0.1) is 0 Å². The number of amides is 1. The molecule has 0 radical (unpaired) electrons. The van der Waals surface area contributed by atoms with Crippen molar-refractivity contribution in [2.75, 3.05) is 17.1 Å². The molecular formula is C18H16N2O4S2. The van der Waals surface area contributed by atoms with Gasteiger partial charge in [0.05, 0.1) is 23.3 Å². The molecule has 26 heavy (non-hydrogen) atoms. The zero-order chi connectivity index (χ0) is 18.6. The maximum Gasteiger partial charge on any atom is 0.262 e. The number of carbonyl (C=O) groups excluding carboxylic acids is 1. The predicted octanol–water partition coefficient (Wildman–Crippen LogP) is 3.81. The van der Waals surface area contributed by atoms with Crippen molar-refractivity contribution in [1.82, 2.24) is 0 Å². The number of benzene rings is 2. The van der Waals surface area contributed by atoms with Crippen LogP contribution in [0.1, 0.15) is 10.4 Å². The van der Waals surface area contributed by atoms with Crippen molar-refractivity contribution in [2.24, 2.45) is 0 Å². The number of rotatable bonds is 6. The summed E-state index contributed by atoms with van der Waals surface area (Å²) < 4.78 is 33.0. The Morgan fingerprint density at radius 2 is 1.88 bits per heavy atom. The van der Waals surface area contributed by atoms with Gasteiger partial charge < -0.3 is 10.1 Å². The van der Waals surface area contributed by atoms with Crippen LogP contribution in [0.5, 0.6) is 5.75 Å². The molecular weight excluding hydrogens is 372 g/mol. The monoisotopic (exact) mass is 388 g/mol. The highest BCUT2D eigenvalue weighted by molar-refractivity contribution is 7.92. The molecule has 2 aromatic carbocycles. The predicted molar refractivity (Wildman–Crippen MR) is 103 cm³/mol. The first kappa shape index (κ1) is 18.0. The van der Waals surface area contributed by atoms with Gasteiger partial charge in [0, 0.05) is 11.1 Å². The fourth-order valence-corrected chi connectivity index (χ4v) is 4.02. The van der Waals surface area contributed by atoms with Crippen LogP contribution in [0.2, 0.25) is 0 Å². The zero-order valence-corrected chi connectivity index (χ0v) is 15.4. The van der Waals surface area contributed by atoms with E-state index in [1.54, 1.807) is 53.2 Å². The average molecular weight is 388 g/mol. The smallest absolute Gasteiger partial charge is 0.262 e. The first-order valence-corrected chi connectivity index (χ1v) is 10.0. The van der Waals surface area contributed by atoms with E-state index in [2.05, 4.69) is 10.0 Å². The van der Waals surface area contributed by atoms with Crippen LogP contribution >= 0.6 is 11.3 Å². The highest BCUT2D eigenvalue weighted by Crippen LogP contribution is 2.27. The molecule has 8 heteroatoms. The fourth-order valence-electron chi connectivity index (χ4n) is 2.27. The molecule has 0 saturated heterocycles. The van der Waals surface area contributed by atoms with Crippen molar-refractivity contribution in [3.63, 3.8) is 0 Å². The number of sulfonamides is 1. The van der Waals surface area contributed by atoms with Gasteiger partial charge in [-0.1, -0.05) is 18.2 Å². The van der Waals surface area contributed by atoms with Crippen molar-refractivity contribution in [1.29, 1.82) is 0 Å². The van der Waals surface area contributed by atoms with E-state index in [0.717, 1.165) is 0 Å². The summed E-state index contributed by atoms with van der Waals surface area (Å²) in [6.45, 7) is 0. The first-order valence-electron chi connectivity index (χ1n) is 7.59. The Balaban J connectivity index is 1.83. The summed E-state index contributed by atoms with van der Waals surface area (Å²) in [5.74, 6) is 0.122. The minimum Gasteiger partial charge on any atom is -0.495 e. The lowest BCUT2D eigenvalue weighted by molar-refractivity contribution is 0.102.